The van der Waals surface area contributed by atoms with E-state index in [-0.39, 0.29) is 11.9 Å². The second-order valence-corrected chi connectivity index (χ2v) is 6.69. The molecule has 3 N–H and O–H groups in total. The molecule has 2 aliphatic rings. The number of rotatable bonds is 4. The van der Waals surface area contributed by atoms with Crippen LogP contribution in [0.3, 0.4) is 0 Å². The fourth-order valence-electron chi connectivity index (χ4n) is 3.11. The van der Waals surface area contributed by atoms with Crippen molar-refractivity contribution in [3.05, 3.63) is 11.6 Å². The molecular weight excluding hydrogens is 266 g/mol. The van der Waals surface area contributed by atoms with Gasteiger partial charge in [-0.2, -0.15) is 0 Å². The van der Waals surface area contributed by atoms with Crippen molar-refractivity contribution in [2.45, 2.75) is 70.5 Å². The molecule has 2 heterocycles. The quantitative estimate of drug-likeness (QED) is 0.875. The van der Waals surface area contributed by atoms with E-state index in [0.717, 1.165) is 43.9 Å². The largest absolute Gasteiger partial charge is 0.345 e. The summed E-state index contributed by atoms with van der Waals surface area (Å²) in [4.78, 5) is 12.4. The van der Waals surface area contributed by atoms with Gasteiger partial charge in [0, 0.05) is 13.0 Å². The molecule has 1 amide bonds. The predicted octanol–water partition coefficient (Wildman–Crippen LogP) is 1.31. The number of aryl methyl sites for hydroxylation is 1. The standard InChI is InChI=1S/C15H25N5O/c1-10(17-14(21)15(2,16)11-7-8-11)13-19-18-12-6-4-3-5-9-20(12)13/h10-11H,3-9,16H2,1-2H3,(H,17,21). The number of amides is 1. The smallest absolute Gasteiger partial charge is 0.240 e. The Hall–Kier alpha value is -1.43. The first-order valence-electron chi connectivity index (χ1n) is 8.02. The van der Waals surface area contributed by atoms with Crippen LogP contribution in [-0.2, 0) is 17.8 Å². The van der Waals surface area contributed by atoms with E-state index in [2.05, 4.69) is 20.1 Å². The van der Waals surface area contributed by atoms with E-state index in [4.69, 9.17) is 5.73 Å². The minimum Gasteiger partial charge on any atom is -0.345 e. The summed E-state index contributed by atoms with van der Waals surface area (Å²) in [7, 11) is 0. The Kier molecular flexibility index (Phi) is 3.73. The van der Waals surface area contributed by atoms with Gasteiger partial charge in [-0.3, -0.25) is 4.79 Å². The summed E-state index contributed by atoms with van der Waals surface area (Å²) < 4.78 is 2.17. The molecule has 1 saturated carbocycles. The topological polar surface area (TPSA) is 85.8 Å². The van der Waals surface area contributed by atoms with Gasteiger partial charge in [-0.1, -0.05) is 6.42 Å². The zero-order valence-corrected chi connectivity index (χ0v) is 12.9. The number of hydrogen-bond acceptors (Lipinski definition) is 4. The highest BCUT2D eigenvalue weighted by atomic mass is 16.2. The molecule has 0 saturated heterocycles. The average Bonchev–Trinajstić information content (AvgIpc) is 3.24. The first-order chi connectivity index (χ1) is 10.00. The number of carbonyl (C=O) groups excluding carboxylic acids is 1. The van der Waals surface area contributed by atoms with Gasteiger partial charge in [-0.15, -0.1) is 10.2 Å². The molecule has 6 nitrogen and oxygen atoms in total. The number of aromatic nitrogens is 3. The number of nitrogens with one attached hydrogen (secondary N) is 1. The highest BCUT2D eigenvalue weighted by molar-refractivity contribution is 5.86. The Morgan fingerprint density at radius 2 is 2.14 bits per heavy atom. The van der Waals surface area contributed by atoms with E-state index in [1.165, 1.54) is 12.8 Å². The van der Waals surface area contributed by atoms with Gasteiger partial charge in [0.1, 0.15) is 5.82 Å². The van der Waals surface area contributed by atoms with Crippen LogP contribution in [0.5, 0.6) is 0 Å². The fraction of sp³-hybridized carbons (Fsp3) is 0.800. The molecule has 0 aromatic carbocycles. The van der Waals surface area contributed by atoms with Gasteiger partial charge in [0.25, 0.3) is 0 Å². The molecule has 1 aromatic heterocycles. The molecule has 21 heavy (non-hydrogen) atoms. The van der Waals surface area contributed by atoms with Crippen molar-refractivity contribution in [2.24, 2.45) is 11.7 Å². The van der Waals surface area contributed by atoms with E-state index in [1.54, 1.807) is 0 Å². The predicted molar refractivity (Wildman–Crippen MR) is 79.5 cm³/mol. The maximum absolute atomic E-state index is 12.4. The number of nitrogens with zero attached hydrogens (tertiary/aromatic N) is 3. The summed E-state index contributed by atoms with van der Waals surface area (Å²) in [6.07, 6.45) is 6.62. The minimum atomic E-state index is -0.768. The van der Waals surface area contributed by atoms with Gasteiger partial charge >= 0.3 is 0 Å². The van der Waals surface area contributed by atoms with E-state index < -0.39 is 5.54 Å². The van der Waals surface area contributed by atoms with Crippen LogP contribution in [0, 0.1) is 5.92 Å². The number of fused-ring (bicyclic) bond motifs is 1. The first-order valence-corrected chi connectivity index (χ1v) is 8.02. The lowest BCUT2D eigenvalue weighted by molar-refractivity contribution is -0.127. The highest BCUT2D eigenvalue weighted by Gasteiger charge is 2.44. The van der Waals surface area contributed by atoms with Crippen LogP contribution in [0.1, 0.15) is 63.6 Å². The van der Waals surface area contributed by atoms with Crippen molar-refractivity contribution >= 4 is 5.91 Å². The van der Waals surface area contributed by atoms with E-state index >= 15 is 0 Å². The fourth-order valence-corrected chi connectivity index (χ4v) is 3.11. The third kappa shape index (κ3) is 2.81. The Labute approximate surface area is 125 Å². The van der Waals surface area contributed by atoms with Crippen molar-refractivity contribution in [3.63, 3.8) is 0 Å². The van der Waals surface area contributed by atoms with Crippen LogP contribution in [0.25, 0.3) is 0 Å². The molecule has 0 spiro atoms. The second kappa shape index (κ2) is 5.40. The molecule has 0 radical (unpaired) electrons. The molecule has 116 valence electrons. The van der Waals surface area contributed by atoms with Crippen molar-refractivity contribution in [3.8, 4) is 0 Å². The molecule has 1 aliphatic heterocycles. The number of carbonyl (C=O) groups is 1. The molecule has 3 rings (SSSR count). The number of hydrogen-bond donors (Lipinski definition) is 2. The Morgan fingerprint density at radius 1 is 1.38 bits per heavy atom. The van der Waals surface area contributed by atoms with Crippen LogP contribution in [0.4, 0.5) is 0 Å². The lowest BCUT2D eigenvalue weighted by Gasteiger charge is -2.25. The number of nitrogens with two attached hydrogens (primary N) is 1. The zero-order chi connectivity index (χ0) is 15.0. The van der Waals surface area contributed by atoms with Gasteiger partial charge in [0.15, 0.2) is 5.82 Å². The van der Waals surface area contributed by atoms with E-state index in [1.807, 2.05) is 13.8 Å². The van der Waals surface area contributed by atoms with Gasteiger partial charge in [0.2, 0.25) is 5.91 Å². The van der Waals surface area contributed by atoms with Crippen molar-refractivity contribution in [2.75, 3.05) is 0 Å². The van der Waals surface area contributed by atoms with Gasteiger partial charge in [-0.05, 0) is 45.4 Å². The first kappa shape index (κ1) is 14.5. The maximum atomic E-state index is 12.4. The molecule has 1 aromatic rings. The monoisotopic (exact) mass is 291 g/mol. The Balaban J connectivity index is 1.72. The van der Waals surface area contributed by atoms with Gasteiger partial charge in [0.05, 0.1) is 11.6 Å². The summed E-state index contributed by atoms with van der Waals surface area (Å²) in [5.74, 6) is 2.14. The van der Waals surface area contributed by atoms with Crippen LogP contribution < -0.4 is 11.1 Å². The van der Waals surface area contributed by atoms with E-state index in [9.17, 15) is 4.79 Å². The van der Waals surface area contributed by atoms with Gasteiger partial charge < -0.3 is 15.6 Å². The third-order valence-electron chi connectivity index (χ3n) is 4.79. The normalized spacial score (nSPS) is 22.8. The maximum Gasteiger partial charge on any atom is 0.240 e. The lowest BCUT2D eigenvalue weighted by atomic mass is 9.96. The summed E-state index contributed by atoms with van der Waals surface area (Å²) in [5, 5.41) is 11.6. The second-order valence-electron chi connectivity index (χ2n) is 6.69. The molecular formula is C15H25N5O. The Bertz CT molecular complexity index is 532. The highest BCUT2D eigenvalue weighted by Crippen LogP contribution is 2.38. The summed E-state index contributed by atoms with van der Waals surface area (Å²) in [6, 6.07) is -0.154. The van der Waals surface area contributed by atoms with Crippen LogP contribution in [0.2, 0.25) is 0 Å². The van der Waals surface area contributed by atoms with Crippen molar-refractivity contribution in [1.82, 2.24) is 20.1 Å². The zero-order valence-electron chi connectivity index (χ0n) is 12.9. The molecule has 2 unspecified atom stereocenters. The third-order valence-corrected chi connectivity index (χ3v) is 4.79. The molecule has 0 bridgehead atoms. The average molecular weight is 291 g/mol. The van der Waals surface area contributed by atoms with Crippen molar-refractivity contribution < 1.29 is 4.79 Å². The minimum absolute atomic E-state index is 0.0801. The molecule has 1 aliphatic carbocycles. The van der Waals surface area contributed by atoms with Crippen molar-refractivity contribution in [1.29, 1.82) is 0 Å². The van der Waals surface area contributed by atoms with Crippen LogP contribution in [0.15, 0.2) is 0 Å². The molecule has 6 heteroatoms. The van der Waals surface area contributed by atoms with Gasteiger partial charge in [-0.25, -0.2) is 0 Å². The summed E-state index contributed by atoms with van der Waals surface area (Å²) in [6.45, 7) is 4.74. The Morgan fingerprint density at radius 3 is 2.86 bits per heavy atom. The SMILES string of the molecule is CC(NC(=O)C(C)(N)C1CC1)c1nnc2n1CCCCC2. The van der Waals surface area contributed by atoms with Crippen LogP contribution >= 0.6 is 0 Å². The van der Waals surface area contributed by atoms with Crippen LogP contribution in [-0.4, -0.2) is 26.2 Å². The summed E-state index contributed by atoms with van der Waals surface area (Å²) in [5.41, 5.74) is 5.41. The molecule has 1 fully saturated rings. The lowest BCUT2D eigenvalue weighted by Crippen LogP contribution is -2.54. The molecule has 2 atom stereocenters. The van der Waals surface area contributed by atoms with E-state index in [0.29, 0.717) is 5.92 Å². The summed E-state index contributed by atoms with van der Waals surface area (Å²) >= 11 is 0.